The molecule has 0 aromatic carbocycles. The Morgan fingerprint density at radius 2 is 2.24 bits per heavy atom. The van der Waals surface area contributed by atoms with E-state index < -0.39 is 0 Å². The first-order chi connectivity index (χ1) is 8.27. The molecule has 0 amide bonds. The van der Waals surface area contributed by atoms with Crippen molar-refractivity contribution in [3.8, 4) is 0 Å². The van der Waals surface area contributed by atoms with Crippen LogP contribution >= 0.6 is 11.8 Å². The smallest absolute Gasteiger partial charge is 0.209 e. The lowest BCUT2D eigenvalue weighted by Gasteiger charge is -2.15. The molecular weight excluding hydrogens is 234 g/mol. The van der Waals surface area contributed by atoms with E-state index >= 15 is 0 Å². The van der Waals surface area contributed by atoms with E-state index in [2.05, 4.69) is 34.7 Å². The molecule has 1 aromatic heterocycles. The fourth-order valence-corrected chi connectivity index (χ4v) is 2.45. The van der Waals surface area contributed by atoms with Gasteiger partial charge in [-0.15, -0.1) is 5.10 Å². The van der Waals surface area contributed by atoms with Gasteiger partial charge in [-0.3, -0.25) is 0 Å². The van der Waals surface area contributed by atoms with Crippen LogP contribution in [0.4, 0.5) is 0 Å². The molecule has 6 heteroatoms. The van der Waals surface area contributed by atoms with Gasteiger partial charge in [0.1, 0.15) is 0 Å². The van der Waals surface area contributed by atoms with Crippen LogP contribution in [0.2, 0.25) is 0 Å². The molecule has 98 valence electrons. The van der Waals surface area contributed by atoms with Gasteiger partial charge in [0.05, 0.1) is 0 Å². The molecule has 0 aliphatic carbocycles. The van der Waals surface area contributed by atoms with Gasteiger partial charge in [0.2, 0.25) is 5.16 Å². The summed E-state index contributed by atoms with van der Waals surface area (Å²) >= 11 is 1.73. The van der Waals surface area contributed by atoms with Gasteiger partial charge in [-0.05, 0) is 42.7 Å². The third-order valence-corrected chi connectivity index (χ3v) is 3.78. The van der Waals surface area contributed by atoms with Gasteiger partial charge >= 0.3 is 0 Å². The average molecular weight is 257 g/mol. The summed E-state index contributed by atoms with van der Waals surface area (Å²) in [5.41, 5.74) is 0. The molecule has 0 bridgehead atoms. The van der Waals surface area contributed by atoms with Crippen LogP contribution < -0.4 is 5.32 Å². The number of thioether (sulfide) groups is 1. The second-order valence-corrected chi connectivity index (χ2v) is 5.20. The zero-order valence-corrected chi connectivity index (χ0v) is 11.8. The van der Waals surface area contributed by atoms with Gasteiger partial charge < -0.3 is 5.32 Å². The number of hydrogen-bond acceptors (Lipinski definition) is 5. The third kappa shape index (κ3) is 5.50. The van der Waals surface area contributed by atoms with Crippen LogP contribution in [0.5, 0.6) is 0 Å². The van der Waals surface area contributed by atoms with Crippen LogP contribution in [0.1, 0.15) is 39.5 Å². The number of nitrogens with one attached hydrogen (secondary N) is 1. The predicted molar refractivity (Wildman–Crippen MR) is 71.1 cm³/mol. The number of aryl methyl sites for hydroxylation is 1. The first-order valence-electron chi connectivity index (χ1n) is 6.36. The Morgan fingerprint density at radius 3 is 2.82 bits per heavy atom. The largest absolute Gasteiger partial charge is 0.314 e. The van der Waals surface area contributed by atoms with Gasteiger partial charge in [-0.1, -0.05) is 25.6 Å². The van der Waals surface area contributed by atoms with E-state index in [1.165, 1.54) is 25.7 Å². The zero-order valence-electron chi connectivity index (χ0n) is 11.0. The lowest BCUT2D eigenvalue weighted by Crippen LogP contribution is -2.29. The summed E-state index contributed by atoms with van der Waals surface area (Å²) in [5, 5.41) is 15.9. The highest BCUT2D eigenvalue weighted by Gasteiger charge is 2.06. The van der Waals surface area contributed by atoms with E-state index in [1.54, 1.807) is 16.4 Å². The molecule has 0 aliphatic rings. The molecule has 0 fully saturated rings. The maximum atomic E-state index is 3.95. The monoisotopic (exact) mass is 257 g/mol. The van der Waals surface area contributed by atoms with Crippen LogP contribution in [0, 0.1) is 0 Å². The van der Waals surface area contributed by atoms with Crippen LogP contribution in [0.3, 0.4) is 0 Å². The molecule has 1 N–H and O–H groups in total. The lowest BCUT2D eigenvalue weighted by atomic mass is 10.1. The number of nitrogens with zero attached hydrogens (tertiary/aromatic N) is 4. The highest BCUT2D eigenvalue weighted by Crippen LogP contribution is 2.15. The molecule has 1 aromatic rings. The second kappa shape index (κ2) is 8.47. The highest BCUT2D eigenvalue weighted by molar-refractivity contribution is 7.99. The minimum Gasteiger partial charge on any atom is -0.314 e. The quantitative estimate of drug-likeness (QED) is 0.540. The highest BCUT2D eigenvalue weighted by atomic mass is 32.2. The summed E-state index contributed by atoms with van der Waals surface area (Å²) in [6.45, 7) is 5.57. The maximum absolute atomic E-state index is 3.95. The third-order valence-electron chi connectivity index (χ3n) is 2.69. The summed E-state index contributed by atoms with van der Waals surface area (Å²) in [7, 11) is 1.87. The summed E-state index contributed by atoms with van der Waals surface area (Å²) in [4.78, 5) is 0. The van der Waals surface area contributed by atoms with Crippen molar-refractivity contribution < 1.29 is 0 Å². The number of tetrazole rings is 1. The predicted octanol–water partition coefficient (Wildman–Crippen LogP) is 1.86. The van der Waals surface area contributed by atoms with Crippen molar-refractivity contribution in [2.45, 2.75) is 50.7 Å². The van der Waals surface area contributed by atoms with Gasteiger partial charge in [-0.2, -0.15) is 0 Å². The summed E-state index contributed by atoms with van der Waals surface area (Å²) in [5.74, 6) is 1.08. The number of aromatic nitrogens is 4. The summed E-state index contributed by atoms with van der Waals surface area (Å²) in [6, 6.07) is 0.660. The van der Waals surface area contributed by atoms with Crippen LogP contribution in [0.15, 0.2) is 5.16 Å². The normalized spacial score (nSPS) is 12.9. The molecule has 1 unspecified atom stereocenters. The van der Waals surface area contributed by atoms with E-state index in [9.17, 15) is 0 Å². The van der Waals surface area contributed by atoms with Gasteiger partial charge in [0.15, 0.2) is 0 Å². The van der Waals surface area contributed by atoms with Crippen LogP contribution in [0.25, 0.3) is 0 Å². The molecule has 0 spiro atoms. The molecule has 0 radical (unpaired) electrons. The van der Waals surface area contributed by atoms with Crippen molar-refractivity contribution in [2.24, 2.45) is 7.05 Å². The average Bonchev–Trinajstić information content (AvgIpc) is 2.74. The van der Waals surface area contributed by atoms with E-state index in [-0.39, 0.29) is 0 Å². The molecule has 17 heavy (non-hydrogen) atoms. The topological polar surface area (TPSA) is 55.6 Å². The van der Waals surface area contributed by atoms with E-state index in [1.807, 2.05) is 7.05 Å². The summed E-state index contributed by atoms with van der Waals surface area (Å²) in [6.07, 6.45) is 4.84. The van der Waals surface area contributed by atoms with E-state index in [4.69, 9.17) is 0 Å². The van der Waals surface area contributed by atoms with Crippen molar-refractivity contribution >= 4 is 11.8 Å². The Hall–Kier alpha value is -0.620. The van der Waals surface area contributed by atoms with Crippen molar-refractivity contribution in [1.82, 2.24) is 25.5 Å². The minimum atomic E-state index is 0.660. The Bertz CT molecular complexity index is 302. The van der Waals surface area contributed by atoms with Gasteiger partial charge in [0, 0.05) is 18.8 Å². The molecule has 5 nitrogen and oxygen atoms in total. The van der Waals surface area contributed by atoms with Crippen molar-refractivity contribution in [3.05, 3.63) is 0 Å². The fraction of sp³-hybridized carbons (Fsp3) is 0.909. The minimum absolute atomic E-state index is 0.660. The Kier molecular flexibility index (Phi) is 7.19. The van der Waals surface area contributed by atoms with Crippen molar-refractivity contribution in [3.63, 3.8) is 0 Å². The van der Waals surface area contributed by atoms with Gasteiger partial charge in [0.25, 0.3) is 0 Å². The van der Waals surface area contributed by atoms with Crippen molar-refractivity contribution in [2.75, 3.05) is 12.3 Å². The Balaban J connectivity index is 2.12. The molecule has 1 atom stereocenters. The SMILES string of the molecule is CCCNC(CC)CCCSc1nnnn1C. The molecule has 0 saturated heterocycles. The maximum Gasteiger partial charge on any atom is 0.209 e. The molecule has 1 rings (SSSR count). The Morgan fingerprint density at radius 1 is 1.41 bits per heavy atom. The molecular formula is C11H23N5S. The first kappa shape index (κ1) is 14.4. The van der Waals surface area contributed by atoms with Crippen molar-refractivity contribution in [1.29, 1.82) is 0 Å². The Labute approximate surface area is 108 Å². The molecule has 0 saturated carbocycles. The zero-order chi connectivity index (χ0) is 12.5. The van der Waals surface area contributed by atoms with E-state index in [0.717, 1.165) is 17.5 Å². The van der Waals surface area contributed by atoms with Crippen LogP contribution in [-0.2, 0) is 7.05 Å². The van der Waals surface area contributed by atoms with Gasteiger partial charge in [-0.25, -0.2) is 4.68 Å². The number of rotatable bonds is 9. The molecule has 1 heterocycles. The van der Waals surface area contributed by atoms with E-state index in [0.29, 0.717) is 6.04 Å². The molecule has 0 aliphatic heterocycles. The summed E-state index contributed by atoms with van der Waals surface area (Å²) < 4.78 is 1.72. The van der Waals surface area contributed by atoms with Crippen LogP contribution in [-0.4, -0.2) is 38.5 Å². The standard InChI is InChI=1S/C11H23N5S/c1-4-8-12-10(5-2)7-6-9-17-11-13-14-15-16(11)3/h10,12H,4-9H2,1-3H3. The lowest BCUT2D eigenvalue weighted by molar-refractivity contribution is 0.465. The second-order valence-electron chi connectivity index (χ2n) is 4.14. The fourth-order valence-electron chi connectivity index (χ4n) is 1.64. The number of hydrogen-bond donors (Lipinski definition) is 1. The first-order valence-corrected chi connectivity index (χ1v) is 7.35.